The highest BCUT2D eigenvalue weighted by Gasteiger charge is 2.15. The zero-order valence-corrected chi connectivity index (χ0v) is 16.8. The first-order valence-electron chi connectivity index (χ1n) is 9.60. The van der Waals surface area contributed by atoms with Crippen molar-refractivity contribution in [3.05, 3.63) is 79.3 Å². The van der Waals surface area contributed by atoms with Crippen molar-refractivity contribution in [2.75, 3.05) is 12.4 Å². The van der Waals surface area contributed by atoms with E-state index < -0.39 is 6.09 Å². The molecule has 0 aliphatic heterocycles. The third kappa shape index (κ3) is 3.56. The first kappa shape index (κ1) is 19.4. The average Bonchev–Trinajstić information content (AvgIpc) is 3.47. The Labute approximate surface area is 181 Å². The first-order chi connectivity index (χ1) is 15.6. The van der Waals surface area contributed by atoms with Crippen LogP contribution in [0.1, 0.15) is 0 Å². The number of anilines is 1. The van der Waals surface area contributed by atoms with Gasteiger partial charge in [-0.1, -0.05) is 0 Å². The fourth-order valence-corrected chi connectivity index (χ4v) is 3.37. The van der Waals surface area contributed by atoms with Crippen LogP contribution in [0, 0.1) is 5.82 Å². The molecule has 1 amide bonds. The number of pyridine rings is 2. The van der Waals surface area contributed by atoms with Crippen LogP contribution < -0.4 is 5.32 Å². The predicted molar refractivity (Wildman–Crippen MR) is 115 cm³/mol. The number of nitrogens with zero attached hydrogens (tertiary/aromatic N) is 4. The molecule has 0 spiro atoms. The molecule has 8 nitrogen and oxygen atoms in total. The summed E-state index contributed by atoms with van der Waals surface area (Å²) in [6.45, 7) is 0. The molecular formula is C23H16FN5O3. The van der Waals surface area contributed by atoms with Gasteiger partial charge in [-0.3, -0.25) is 9.72 Å². The molecule has 5 rings (SSSR count). The van der Waals surface area contributed by atoms with Crippen LogP contribution in [0.5, 0.6) is 0 Å². The molecule has 32 heavy (non-hydrogen) atoms. The van der Waals surface area contributed by atoms with Gasteiger partial charge in [-0.2, -0.15) is 0 Å². The lowest BCUT2D eigenvalue weighted by Gasteiger charge is -2.07. The molecule has 0 unspecified atom stereocenters. The number of amides is 1. The van der Waals surface area contributed by atoms with Crippen LogP contribution in [0.4, 0.5) is 15.0 Å². The van der Waals surface area contributed by atoms with Gasteiger partial charge < -0.3 is 9.15 Å². The first-order valence-corrected chi connectivity index (χ1v) is 9.60. The van der Waals surface area contributed by atoms with Crippen LogP contribution >= 0.6 is 0 Å². The molecule has 158 valence electrons. The number of benzene rings is 1. The quantitative estimate of drug-likeness (QED) is 0.430. The van der Waals surface area contributed by atoms with Crippen molar-refractivity contribution in [2.24, 2.45) is 0 Å². The minimum atomic E-state index is -0.589. The Kier molecular flexibility index (Phi) is 4.83. The van der Waals surface area contributed by atoms with Crippen molar-refractivity contribution in [3.8, 4) is 33.8 Å². The van der Waals surface area contributed by atoms with Gasteiger partial charge >= 0.3 is 6.09 Å². The summed E-state index contributed by atoms with van der Waals surface area (Å²) in [6, 6.07) is 13.3. The summed E-state index contributed by atoms with van der Waals surface area (Å²) < 4.78 is 25.4. The third-order valence-corrected chi connectivity index (χ3v) is 4.93. The van der Waals surface area contributed by atoms with Crippen LogP contribution in [0.3, 0.4) is 0 Å². The molecule has 0 aliphatic carbocycles. The predicted octanol–water partition coefficient (Wildman–Crippen LogP) is 5.04. The Morgan fingerprint density at radius 2 is 1.75 bits per heavy atom. The van der Waals surface area contributed by atoms with Crippen molar-refractivity contribution in [1.82, 2.24) is 19.4 Å². The van der Waals surface area contributed by atoms with E-state index in [-0.39, 0.29) is 5.82 Å². The normalized spacial score (nSPS) is 10.9. The van der Waals surface area contributed by atoms with E-state index in [4.69, 9.17) is 4.42 Å². The van der Waals surface area contributed by atoms with E-state index in [2.05, 4.69) is 25.0 Å². The molecule has 5 aromatic rings. The van der Waals surface area contributed by atoms with Crippen molar-refractivity contribution in [2.45, 2.75) is 0 Å². The van der Waals surface area contributed by atoms with E-state index in [0.717, 1.165) is 28.0 Å². The topological polar surface area (TPSA) is 94.5 Å². The number of aromatic nitrogens is 4. The van der Waals surface area contributed by atoms with Gasteiger partial charge in [0.05, 0.1) is 19.0 Å². The van der Waals surface area contributed by atoms with Gasteiger partial charge in [0.15, 0.2) is 12.2 Å². The maximum atomic E-state index is 13.3. The Morgan fingerprint density at radius 3 is 2.50 bits per heavy atom. The number of fused-ring (bicyclic) bond motifs is 1. The molecule has 0 saturated heterocycles. The molecule has 1 aromatic carbocycles. The second kappa shape index (κ2) is 7.95. The molecule has 4 heterocycles. The molecule has 0 aliphatic rings. The number of ether oxygens (including phenoxy) is 1. The van der Waals surface area contributed by atoms with E-state index in [1.165, 1.54) is 25.6 Å². The number of rotatable bonds is 4. The number of imidazole rings is 1. The zero-order chi connectivity index (χ0) is 22.1. The second-order valence-electron chi connectivity index (χ2n) is 6.88. The van der Waals surface area contributed by atoms with Gasteiger partial charge in [-0.05, 0) is 48.5 Å². The van der Waals surface area contributed by atoms with Crippen molar-refractivity contribution < 1.29 is 18.3 Å². The smallest absolute Gasteiger partial charge is 0.412 e. The molecule has 9 heteroatoms. The third-order valence-electron chi connectivity index (χ3n) is 4.93. The lowest BCUT2D eigenvalue weighted by atomic mass is 10.1. The van der Waals surface area contributed by atoms with E-state index in [0.29, 0.717) is 17.3 Å². The number of nitrogens with one attached hydrogen (secondary N) is 1. The van der Waals surface area contributed by atoms with Crippen molar-refractivity contribution >= 4 is 17.6 Å². The summed E-state index contributed by atoms with van der Waals surface area (Å²) in [4.78, 5) is 24.4. The number of halogens is 1. The maximum absolute atomic E-state index is 13.3. The van der Waals surface area contributed by atoms with Crippen molar-refractivity contribution in [1.29, 1.82) is 0 Å². The van der Waals surface area contributed by atoms with Crippen LogP contribution in [0.25, 0.3) is 39.5 Å². The average molecular weight is 429 g/mol. The number of carbonyl (C=O) groups excluding carboxylic acids is 1. The van der Waals surface area contributed by atoms with Gasteiger partial charge in [0, 0.05) is 29.1 Å². The monoisotopic (exact) mass is 429 g/mol. The van der Waals surface area contributed by atoms with Crippen LogP contribution in [-0.4, -0.2) is 32.6 Å². The summed E-state index contributed by atoms with van der Waals surface area (Å²) in [5.41, 5.74) is 4.53. The van der Waals surface area contributed by atoms with E-state index in [1.54, 1.807) is 30.6 Å². The standard InChI is InChI=1S/C23H16FN5O3/c1-31-23(30)28-19-8-4-15(10-25-19)18-11-26-20-9-5-16(12-29(18)20)21-22(32-13-27-21)14-2-6-17(24)7-3-14/h2-13H,1H3,(H,25,28,30). The molecule has 0 radical (unpaired) electrons. The summed E-state index contributed by atoms with van der Waals surface area (Å²) in [7, 11) is 1.29. The Morgan fingerprint density at radius 1 is 0.969 bits per heavy atom. The van der Waals surface area contributed by atoms with Crippen LogP contribution in [-0.2, 0) is 4.74 Å². The highest BCUT2D eigenvalue weighted by molar-refractivity contribution is 5.83. The lowest BCUT2D eigenvalue weighted by molar-refractivity contribution is 0.187. The maximum Gasteiger partial charge on any atom is 0.412 e. The van der Waals surface area contributed by atoms with Gasteiger partial charge in [0.25, 0.3) is 0 Å². The zero-order valence-electron chi connectivity index (χ0n) is 16.8. The van der Waals surface area contributed by atoms with Crippen molar-refractivity contribution in [3.63, 3.8) is 0 Å². The Hall–Kier alpha value is -4.53. The molecule has 1 N–H and O–H groups in total. The summed E-state index contributed by atoms with van der Waals surface area (Å²) in [5.74, 6) is 0.605. The number of methoxy groups -OCH3 is 1. The summed E-state index contributed by atoms with van der Waals surface area (Å²) >= 11 is 0. The van der Waals surface area contributed by atoms with Crippen LogP contribution in [0.2, 0.25) is 0 Å². The number of hydrogen-bond acceptors (Lipinski definition) is 6. The minimum Gasteiger partial charge on any atom is -0.453 e. The largest absolute Gasteiger partial charge is 0.453 e. The van der Waals surface area contributed by atoms with Gasteiger partial charge in [0.1, 0.15) is 23.0 Å². The fraction of sp³-hybridized carbons (Fsp3) is 0.0435. The van der Waals surface area contributed by atoms with E-state index in [1.807, 2.05) is 28.8 Å². The molecule has 0 bridgehead atoms. The fourth-order valence-electron chi connectivity index (χ4n) is 3.37. The molecule has 0 atom stereocenters. The highest BCUT2D eigenvalue weighted by atomic mass is 19.1. The number of carbonyl (C=O) groups is 1. The van der Waals surface area contributed by atoms with Gasteiger partial charge in [-0.25, -0.2) is 24.1 Å². The minimum absolute atomic E-state index is 0.319. The lowest BCUT2D eigenvalue weighted by Crippen LogP contribution is -2.11. The molecule has 4 aromatic heterocycles. The summed E-state index contributed by atoms with van der Waals surface area (Å²) in [6.07, 6.45) is 6.07. The van der Waals surface area contributed by atoms with E-state index >= 15 is 0 Å². The number of hydrogen-bond donors (Lipinski definition) is 1. The van der Waals surface area contributed by atoms with E-state index in [9.17, 15) is 9.18 Å². The van der Waals surface area contributed by atoms with Gasteiger partial charge in [-0.15, -0.1) is 0 Å². The molecular weight excluding hydrogens is 413 g/mol. The SMILES string of the molecule is COC(=O)Nc1ccc(-c2cnc3ccc(-c4ncoc4-c4ccc(F)cc4)cn23)cn1. The van der Waals surface area contributed by atoms with Crippen LogP contribution in [0.15, 0.2) is 77.9 Å². The van der Waals surface area contributed by atoms with Gasteiger partial charge in [0.2, 0.25) is 0 Å². The summed E-state index contributed by atoms with van der Waals surface area (Å²) in [5, 5.41) is 2.52. The molecule has 0 fully saturated rings. The Balaban J connectivity index is 1.52. The molecule has 0 saturated carbocycles. The second-order valence-corrected chi connectivity index (χ2v) is 6.88. The Bertz CT molecular complexity index is 1410. The number of oxazole rings is 1. The highest BCUT2D eigenvalue weighted by Crippen LogP contribution is 2.32.